The standard InChI is InChI=1S/C20H19F2NO3/c1-12(11-26-14(3)24)13(2)15-7-9-16(10-8-15)23-20(25)19-17(21)5-4-6-18(19)22/h4-10H,11H2,1-3H3,(H,23,25). The van der Waals surface area contributed by atoms with E-state index in [2.05, 4.69) is 5.32 Å². The Kier molecular flexibility index (Phi) is 6.22. The highest BCUT2D eigenvalue weighted by atomic mass is 19.1. The Morgan fingerprint density at radius 2 is 1.54 bits per heavy atom. The number of carbonyl (C=O) groups is 2. The Labute approximate surface area is 150 Å². The summed E-state index contributed by atoms with van der Waals surface area (Å²) < 4.78 is 32.3. The smallest absolute Gasteiger partial charge is 0.302 e. The van der Waals surface area contributed by atoms with Gasteiger partial charge in [0.25, 0.3) is 5.91 Å². The second-order valence-electron chi connectivity index (χ2n) is 5.81. The van der Waals surface area contributed by atoms with E-state index in [1.54, 1.807) is 24.3 Å². The van der Waals surface area contributed by atoms with Crippen LogP contribution in [0.1, 0.15) is 36.7 Å². The van der Waals surface area contributed by atoms with Crippen LogP contribution in [-0.4, -0.2) is 18.5 Å². The van der Waals surface area contributed by atoms with Gasteiger partial charge in [-0.1, -0.05) is 18.2 Å². The minimum Gasteiger partial charge on any atom is -0.461 e. The molecule has 136 valence electrons. The number of ether oxygens (including phenoxy) is 1. The van der Waals surface area contributed by atoms with Crippen molar-refractivity contribution in [1.82, 2.24) is 0 Å². The van der Waals surface area contributed by atoms with Crippen LogP contribution < -0.4 is 5.32 Å². The molecule has 0 atom stereocenters. The van der Waals surface area contributed by atoms with Crippen LogP contribution in [-0.2, 0) is 9.53 Å². The second-order valence-corrected chi connectivity index (χ2v) is 5.81. The van der Waals surface area contributed by atoms with Crippen LogP contribution in [0, 0.1) is 11.6 Å². The summed E-state index contributed by atoms with van der Waals surface area (Å²) in [6.07, 6.45) is 0. The molecule has 0 saturated carbocycles. The van der Waals surface area contributed by atoms with Gasteiger partial charge in [0.15, 0.2) is 0 Å². The van der Waals surface area contributed by atoms with Gasteiger partial charge in [0.1, 0.15) is 23.8 Å². The third-order valence-electron chi connectivity index (χ3n) is 3.90. The molecular weight excluding hydrogens is 340 g/mol. The molecule has 0 aliphatic heterocycles. The van der Waals surface area contributed by atoms with Crippen LogP contribution in [0.25, 0.3) is 5.57 Å². The lowest BCUT2D eigenvalue weighted by atomic mass is 10.0. The Balaban J connectivity index is 2.13. The SMILES string of the molecule is CC(=O)OCC(C)=C(C)c1ccc(NC(=O)c2c(F)cccc2F)cc1. The van der Waals surface area contributed by atoms with Crippen molar-refractivity contribution in [2.24, 2.45) is 0 Å². The summed E-state index contributed by atoms with van der Waals surface area (Å²) >= 11 is 0. The fraction of sp³-hybridized carbons (Fsp3) is 0.200. The highest BCUT2D eigenvalue weighted by molar-refractivity contribution is 6.04. The zero-order chi connectivity index (χ0) is 19.3. The van der Waals surface area contributed by atoms with E-state index in [-0.39, 0.29) is 12.6 Å². The Bertz CT molecular complexity index is 838. The minimum absolute atomic E-state index is 0.201. The highest BCUT2D eigenvalue weighted by Crippen LogP contribution is 2.21. The van der Waals surface area contributed by atoms with E-state index < -0.39 is 23.1 Å². The molecule has 2 aromatic carbocycles. The molecular formula is C20H19F2NO3. The third-order valence-corrected chi connectivity index (χ3v) is 3.90. The number of carbonyl (C=O) groups excluding carboxylic acids is 2. The normalized spacial score (nSPS) is 11.6. The van der Waals surface area contributed by atoms with Gasteiger partial charge in [0.05, 0.1) is 0 Å². The van der Waals surface area contributed by atoms with E-state index in [1.165, 1.54) is 13.0 Å². The lowest BCUT2D eigenvalue weighted by molar-refractivity contribution is -0.139. The molecule has 2 aromatic rings. The summed E-state index contributed by atoms with van der Waals surface area (Å²) in [5, 5.41) is 2.47. The number of nitrogens with one attached hydrogen (secondary N) is 1. The van der Waals surface area contributed by atoms with E-state index in [1.807, 2.05) is 13.8 Å². The molecule has 4 nitrogen and oxygen atoms in total. The fourth-order valence-corrected chi connectivity index (χ4v) is 2.28. The predicted molar refractivity (Wildman–Crippen MR) is 95.7 cm³/mol. The summed E-state index contributed by atoms with van der Waals surface area (Å²) in [6.45, 7) is 5.29. The van der Waals surface area contributed by atoms with Crippen LogP contribution >= 0.6 is 0 Å². The van der Waals surface area contributed by atoms with Gasteiger partial charge in [0, 0.05) is 12.6 Å². The van der Waals surface area contributed by atoms with E-state index in [9.17, 15) is 18.4 Å². The molecule has 1 N–H and O–H groups in total. The van der Waals surface area contributed by atoms with Crippen molar-refractivity contribution in [3.63, 3.8) is 0 Å². The third kappa shape index (κ3) is 4.75. The molecule has 0 saturated heterocycles. The minimum atomic E-state index is -0.918. The van der Waals surface area contributed by atoms with Crippen LogP contribution in [0.4, 0.5) is 14.5 Å². The summed E-state index contributed by atoms with van der Waals surface area (Å²) in [5.74, 6) is -3.04. The van der Waals surface area contributed by atoms with E-state index in [0.29, 0.717) is 5.69 Å². The fourth-order valence-electron chi connectivity index (χ4n) is 2.28. The number of hydrogen-bond donors (Lipinski definition) is 1. The average Bonchev–Trinajstić information content (AvgIpc) is 2.59. The van der Waals surface area contributed by atoms with Crippen molar-refractivity contribution in [2.45, 2.75) is 20.8 Å². The van der Waals surface area contributed by atoms with E-state index in [0.717, 1.165) is 28.8 Å². The van der Waals surface area contributed by atoms with Gasteiger partial charge >= 0.3 is 5.97 Å². The number of rotatable bonds is 5. The number of anilines is 1. The Hall–Kier alpha value is -3.02. The quantitative estimate of drug-likeness (QED) is 0.796. The van der Waals surface area contributed by atoms with Crippen LogP contribution in [0.15, 0.2) is 48.0 Å². The lowest BCUT2D eigenvalue weighted by Gasteiger charge is -2.10. The van der Waals surface area contributed by atoms with Crippen LogP contribution in [0.3, 0.4) is 0 Å². The first-order valence-electron chi connectivity index (χ1n) is 7.95. The molecule has 0 fully saturated rings. The molecule has 2 rings (SSSR count). The van der Waals surface area contributed by atoms with E-state index in [4.69, 9.17) is 4.74 Å². The lowest BCUT2D eigenvalue weighted by Crippen LogP contribution is -2.15. The van der Waals surface area contributed by atoms with Crippen molar-refractivity contribution in [3.8, 4) is 0 Å². The average molecular weight is 359 g/mol. The highest BCUT2D eigenvalue weighted by Gasteiger charge is 2.17. The number of benzene rings is 2. The first-order chi connectivity index (χ1) is 12.3. The number of esters is 1. The van der Waals surface area contributed by atoms with Crippen LogP contribution in [0.5, 0.6) is 0 Å². The van der Waals surface area contributed by atoms with Gasteiger partial charge in [-0.25, -0.2) is 8.78 Å². The van der Waals surface area contributed by atoms with Gasteiger partial charge in [-0.15, -0.1) is 0 Å². The Morgan fingerprint density at radius 1 is 0.962 bits per heavy atom. The molecule has 0 radical (unpaired) electrons. The molecule has 0 aliphatic carbocycles. The van der Waals surface area contributed by atoms with Crippen LogP contribution in [0.2, 0.25) is 0 Å². The summed E-state index contributed by atoms with van der Waals surface area (Å²) in [6, 6.07) is 10.1. The maximum Gasteiger partial charge on any atom is 0.302 e. The van der Waals surface area contributed by atoms with Gasteiger partial charge < -0.3 is 10.1 Å². The molecule has 0 aliphatic rings. The zero-order valence-electron chi connectivity index (χ0n) is 14.7. The summed E-state index contributed by atoms with van der Waals surface area (Å²) in [7, 11) is 0. The molecule has 0 aromatic heterocycles. The maximum absolute atomic E-state index is 13.6. The first kappa shape index (κ1) is 19.3. The van der Waals surface area contributed by atoms with Crippen molar-refractivity contribution >= 4 is 23.1 Å². The monoisotopic (exact) mass is 359 g/mol. The topological polar surface area (TPSA) is 55.4 Å². The number of allylic oxidation sites excluding steroid dienone is 1. The second kappa shape index (κ2) is 8.38. The van der Waals surface area contributed by atoms with Gasteiger partial charge in [-0.3, -0.25) is 9.59 Å². The maximum atomic E-state index is 13.6. The van der Waals surface area contributed by atoms with Gasteiger partial charge in [-0.2, -0.15) is 0 Å². The molecule has 0 unspecified atom stereocenters. The van der Waals surface area contributed by atoms with Crippen molar-refractivity contribution in [3.05, 3.63) is 70.8 Å². The number of hydrogen-bond acceptors (Lipinski definition) is 3. The first-order valence-corrected chi connectivity index (χ1v) is 7.95. The summed E-state index contributed by atoms with van der Waals surface area (Å²) in [4.78, 5) is 23.0. The molecule has 26 heavy (non-hydrogen) atoms. The van der Waals surface area contributed by atoms with Gasteiger partial charge in [-0.05, 0) is 54.8 Å². The van der Waals surface area contributed by atoms with E-state index >= 15 is 0 Å². The van der Waals surface area contributed by atoms with Crippen molar-refractivity contribution < 1.29 is 23.1 Å². The van der Waals surface area contributed by atoms with Gasteiger partial charge in [0.2, 0.25) is 0 Å². The zero-order valence-corrected chi connectivity index (χ0v) is 14.7. The molecule has 6 heteroatoms. The van der Waals surface area contributed by atoms with Crippen molar-refractivity contribution in [2.75, 3.05) is 11.9 Å². The summed E-state index contributed by atoms with van der Waals surface area (Å²) in [5.41, 5.74) is 2.50. The number of halogens is 2. The van der Waals surface area contributed by atoms with Crippen molar-refractivity contribution in [1.29, 1.82) is 0 Å². The number of amides is 1. The molecule has 0 bridgehead atoms. The largest absolute Gasteiger partial charge is 0.461 e. The predicted octanol–water partition coefficient (Wildman–Crippen LogP) is 4.57. The molecule has 1 amide bonds. The molecule has 0 heterocycles. The molecule has 0 spiro atoms. The Morgan fingerprint density at radius 3 is 2.08 bits per heavy atom.